The molecule has 8 nitrogen and oxygen atoms in total. The molecule has 1 aromatic heterocycles. The minimum Gasteiger partial charge on any atom is -0.508 e. The molecule has 3 aromatic carbocycles. The molecule has 4 rings (SSSR count). The molecule has 0 unspecified atom stereocenters. The average Bonchev–Trinajstić information content (AvgIpc) is 3.27. The van der Waals surface area contributed by atoms with Crippen molar-refractivity contribution in [3.05, 3.63) is 72.8 Å². The van der Waals surface area contributed by atoms with E-state index < -0.39 is 0 Å². The largest absolute Gasteiger partial charge is 0.508 e. The minimum atomic E-state index is -0.194. The van der Waals surface area contributed by atoms with Crippen LogP contribution >= 0.6 is 11.8 Å². The summed E-state index contributed by atoms with van der Waals surface area (Å²) >= 11 is 1.27. The van der Waals surface area contributed by atoms with Crippen molar-refractivity contribution in [1.82, 2.24) is 14.8 Å². The molecule has 0 fully saturated rings. The van der Waals surface area contributed by atoms with Crippen LogP contribution in [0.3, 0.4) is 0 Å². The Morgan fingerprint density at radius 2 is 1.70 bits per heavy atom. The van der Waals surface area contributed by atoms with Crippen LogP contribution in [0.15, 0.2) is 78.0 Å². The number of ether oxygens (including phenoxy) is 2. The summed E-state index contributed by atoms with van der Waals surface area (Å²) in [5, 5.41) is 21.7. The number of phenolic OH excluding ortho intramolecular Hbond substituents is 1. The van der Waals surface area contributed by atoms with Crippen molar-refractivity contribution in [1.29, 1.82) is 0 Å². The molecule has 0 saturated carbocycles. The van der Waals surface area contributed by atoms with Crippen molar-refractivity contribution in [3.63, 3.8) is 0 Å². The second-order valence-electron chi connectivity index (χ2n) is 6.92. The van der Waals surface area contributed by atoms with Crippen molar-refractivity contribution in [3.8, 4) is 34.3 Å². The smallest absolute Gasteiger partial charge is 0.234 e. The molecule has 0 aliphatic rings. The van der Waals surface area contributed by atoms with Crippen molar-refractivity contribution in [2.24, 2.45) is 0 Å². The zero-order valence-corrected chi connectivity index (χ0v) is 18.9. The van der Waals surface area contributed by atoms with Gasteiger partial charge in [0.1, 0.15) is 17.2 Å². The molecule has 33 heavy (non-hydrogen) atoms. The number of carbonyl (C=O) groups excluding carboxylic acids is 1. The molecule has 0 aliphatic carbocycles. The van der Waals surface area contributed by atoms with Crippen molar-refractivity contribution in [2.75, 3.05) is 25.3 Å². The Morgan fingerprint density at radius 3 is 2.39 bits per heavy atom. The summed E-state index contributed by atoms with van der Waals surface area (Å²) in [6.45, 7) is 0. The first-order chi connectivity index (χ1) is 16.1. The summed E-state index contributed by atoms with van der Waals surface area (Å²) in [4.78, 5) is 12.6. The number of thioether (sulfide) groups is 1. The summed E-state index contributed by atoms with van der Waals surface area (Å²) in [6.07, 6.45) is 0. The van der Waals surface area contributed by atoms with E-state index in [1.807, 2.05) is 41.0 Å². The molecule has 0 bridgehead atoms. The monoisotopic (exact) mass is 462 g/mol. The third kappa shape index (κ3) is 5.09. The number of amides is 1. The molecular formula is C24H22N4O4S. The maximum Gasteiger partial charge on any atom is 0.234 e. The van der Waals surface area contributed by atoms with E-state index in [9.17, 15) is 9.90 Å². The maximum atomic E-state index is 12.6. The molecule has 1 amide bonds. The van der Waals surface area contributed by atoms with Gasteiger partial charge in [0.25, 0.3) is 0 Å². The van der Waals surface area contributed by atoms with E-state index in [2.05, 4.69) is 15.5 Å². The zero-order valence-electron chi connectivity index (χ0n) is 18.1. The zero-order chi connectivity index (χ0) is 23.2. The van der Waals surface area contributed by atoms with E-state index in [4.69, 9.17) is 9.47 Å². The summed E-state index contributed by atoms with van der Waals surface area (Å²) in [7, 11) is 3.17. The second-order valence-corrected chi connectivity index (χ2v) is 7.87. The van der Waals surface area contributed by atoms with Crippen LogP contribution in [0.1, 0.15) is 0 Å². The highest BCUT2D eigenvalue weighted by molar-refractivity contribution is 7.99. The Balaban J connectivity index is 1.60. The van der Waals surface area contributed by atoms with Crippen molar-refractivity contribution in [2.45, 2.75) is 5.16 Å². The molecule has 168 valence electrons. The van der Waals surface area contributed by atoms with Crippen LogP contribution in [0.2, 0.25) is 0 Å². The molecule has 1 heterocycles. The number of rotatable bonds is 8. The highest BCUT2D eigenvalue weighted by Crippen LogP contribution is 2.30. The first-order valence-corrected chi connectivity index (χ1v) is 11.0. The van der Waals surface area contributed by atoms with Gasteiger partial charge in [0.15, 0.2) is 11.0 Å². The Bertz CT molecular complexity index is 1240. The lowest BCUT2D eigenvalue weighted by Gasteiger charge is -2.12. The third-order valence-electron chi connectivity index (χ3n) is 4.80. The number of para-hydroxylation sites is 2. The van der Waals surface area contributed by atoms with E-state index in [1.165, 1.54) is 11.8 Å². The van der Waals surface area contributed by atoms with Gasteiger partial charge in [0.2, 0.25) is 5.91 Å². The number of phenols is 1. The molecule has 9 heteroatoms. The van der Waals surface area contributed by atoms with Gasteiger partial charge in [-0.25, -0.2) is 0 Å². The van der Waals surface area contributed by atoms with Crippen LogP contribution in [0, 0.1) is 0 Å². The second kappa shape index (κ2) is 10.1. The van der Waals surface area contributed by atoms with Gasteiger partial charge in [-0.2, -0.15) is 0 Å². The highest BCUT2D eigenvalue weighted by Gasteiger charge is 2.18. The van der Waals surface area contributed by atoms with Gasteiger partial charge < -0.3 is 19.9 Å². The molecule has 0 saturated heterocycles. The molecule has 4 aromatic rings. The van der Waals surface area contributed by atoms with Crippen molar-refractivity contribution < 1.29 is 19.4 Å². The van der Waals surface area contributed by atoms with Crippen LogP contribution in [0.25, 0.3) is 17.1 Å². The molecule has 0 radical (unpaired) electrons. The van der Waals surface area contributed by atoms with Crippen LogP contribution in [-0.4, -0.2) is 45.8 Å². The topological polar surface area (TPSA) is 98.5 Å². The normalized spacial score (nSPS) is 10.6. The Hall–Kier alpha value is -3.98. The van der Waals surface area contributed by atoms with E-state index in [1.54, 1.807) is 50.6 Å². The maximum absolute atomic E-state index is 12.6. The predicted octanol–water partition coefficient (Wildman–Crippen LogP) is 4.39. The standard InChI is InChI=1S/C24H22N4O4S/c1-31-19-13-9-17(10-14-19)28-23(16-7-11-18(29)12-8-16)26-27-24(28)33-15-22(30)25-20-5-3-4-6-21(20)32-2/h3-14,29H,15H2,1-2H3,(H,25,30). The Labute approximate surface area is 195 Å². The van der Waals surface area contributed by atoms with Gasteiger partial charge in [-0.3, -0.25) is 9.36 Å². The Kier molecular flexibility index (Phi) is 6.80. The summed E-state index contributed by atoms with van der Waals surface area (Å²) in [5.74, 6) is 2.00. The fraction of sp³-hybridized carbons (Fsp3) is 0.125. The number of hydrogen-bond acceptors (Lipinski definition) is 7. The molecular weight excluding hydrogens is 440 g/mol. The van der Waals surface area contributed by atoms with Crippen LogP contribution in [0.5, 0.6) is 17.2 Å². The van der Waals surface area contributed by atoms with Gasteiger partial charge in [-0.15, -0.1) is 10.2 Å². The lowest BCUT2D eigenvalue weighted by molar-refractivity contribution is -0.113. The highest BCUT2D eigenvalue weighted by atomic mass is 32.2. The number of methoxy groups -OCH3 is 2. The number of anilines is 1. The van der Waals surface area contributed by atoms with E-state index >= 15 is 0 Å². The number of nitrogens with zero attached hydrogens (tertiary/aromatic N) is 3. The van der Waals surface area contributed by atoms with Gasteiger partial charge in [0.05, 0.1) is 25.7 Å². The first kappa shape index (κ1) is 22.2. The number of aromatic nitrogens is 3. The number of benzene rings is 3. The molecule has 0 atom stereocenters. The van der Waals surface area contributed by atoms with Gasteiger partial charge in [-0.05, 0) is 60.7 Å². The van der Waals surface area contributed by atoms with Crippen LogP contribution in [0.4, 0.5) is 5.69 Å². The quantitative estimate of drug-likeness (QED) is 0.375. The minimum absolute atomic E-state index is 0.127. The number of carbonyl (C=O) groups is 1. The van der Waals surface area contributed by atoms with Gasteiger partial charge in [0, 0.05) is 11.3 Å². The fourth-order valence-electron chi connectivity index (χ4n) is 3.19. The summed E-state index contributed by atoms with van der Waals surface area (Å²) in [6, 6.07) is 21.4. The van der Waals surface area contributed by atoms with E-state index in [-0.39, 0.29) is 17.4 Å². The molecule has 0 aliphatic heterocycles. The lowest BCUT2D eigenvalue weighted by atomic mass is 10.2. The number of hydrogen-bond donors (Lipinski definition) is 2. The van der Waals surface area contributed by atoms with Gasteiger partial charge in [-0.1, -0.05) is 23.9 Å². The average molecular weight is 463 g/mol. The number of nitrogens with one attached hydrogen (secondary N) is 1. The van der Waals surface area contributed by atoms with Crippen molar-refractivity contribution >= 4 is 23.4 Å². The number of aromatic hydroxyl groups is 1. The predicted molar refractivity (Wildman–Crippen MR) is 127 cm³/mol. The molecule has 0 spiro atoms. The lowest BCUT2D eigenvalue weighted by Crippen LogP contribution is -2.15. The van der Waals surface area contributed by atoms with E-state index in [0.717, 1.165) is 17.0 Å². The van der Waals surface area contributed by atoms with Crippen LogP contribution in [-0.2, 0) is 4.79 Å². The fourth-order valence-corrected chi connectivity index (χ4v) is 3.94. The summed E-state index contributed by atoms with van der Waals surface area (Å²) in [5.41, 5.74) is 2.20. The van der Waals surface area contributed by atoms with E-state index in [0.29, 0.717) is 22.4 Å². The SMILES string of the molecule is COc1ccc(-n2c(SCC(=O)Nc3ccccc3OC)nnc2-c2ccc(O)cc2)cc1. The first-order valence-electron chi connectivity index (χ1n) is 10.0. The third-order valence-corrected chi connectivity index (χ3v) is 5.73. The van der Waals surface area contributed by atoms with Gasteiger partial charge >= 0.3 is 0 Å². The summed E-state index contributed by atoms with van der Waals surface area (Å²) < 4.78 is 12.4. The Morgan fingerprint density at radius 1 is 0.970 bits per heavy atom. The molecule has 2 N–H and O–H groups in total. The van der Waals surface area contributed by atoms with Crippen LogP contribution < -0.4 is 14.8 Å².